The minimum absolute atomic E-state index is 0.192. The summed E-state index contributed by atoms with van der Waals surface area (Å²) in [6.07, 6.45) is -4.34. The van der Waals surface area contributed by atoms with Crippen LogP contribution in [0.25, 0.3) is 0 Å². The lowest BCUT2D eigenvalue weighted by Gasteiger charge is -2.14. The second kappa shape index (κ2) is 4.23. The predicted octanol–water partition coefficient (Wildman–Crippen LogP) is 2.95. The number of hydrogen-bond donors (Lipinski definition) is 1. The molecule has 0 aliphatic heterocycles. The lowest BCUT2D eigenvalue weighted by Crippen LogP contribution is -2.10. The highest BCUT2D eigenvalue weighted by molar-refractivity contribution is 5.39. The zero-order valence-electron chi connectivity index (χ0n) is 8.52. The van der Waals surface area contributed by atoms with Crippen molar-refractivity contribution in [3.63, 3.8) is 0 Å². The Labute approximate surface area is 86.5 Å². The normalized spacial score (nSPS) is 12.2. The van der Waals surface area contributed by atoms with Crippen molar-refractivity contribution in [2.24, 2.45) is 0 Å². The molecule has 1 rings (SSSR count). The van der Waals surface area contributed by atoms with Crippen LogP contribution < -0.4 is 0 Å². The standard InChI is InChI=1S/C11H12F3O/c1-7-3-4-9(8(2)6-15)5-10(7)11(12,13)14/h3-5,15H,6H2,1-2H3. The van der Waals surface area contributed by atoms with Crippen molar-refractivity contribution in [3.8, 4) is 0 Å². The fourth-order valence-electron chi connectivity index (χ4n) is 1.28. The Morgan fingerprint density at radius 1 is 1.33 bits per heavy atom. The third-order valence-electron chi connectivity index (χ3n) is 2.27. The van der Waals surface area contributed by atoms with E-state index >= 15 is 0 Å². The van der Waals surface area contributed by atoms with Crippen LogP contribution in [0.15, 0.2) is 18.2 Å². The fourth-order valence-corrected chi connectivity index (χ4v) is 1.28. The number of aliphatic hydroxyl groups is 1. The van der Waals surface area contributed by atoms with Crippen LogP contribution in [-0.2, 0) is 6.18 Å². The molecular weight excluding hydrogens is 205 g/mol. The Hall–Kier alpha value is -1.03. The molecule has 0 fully saturated rings. The van der Waals surface area contributed by atoms with Crippen LogP contribution in [0.2, 0.25) is 0 Å². The highest BCUT2D eigenvalue weighted by Crippen LogP contribution is 2.33. The smallest absolute Gasteiger partial charge is 0.395 e. The van der Waals surface area contributed by atoms with Crippen LogP contribution in [-0.4, -0.2) is 11.7 Å². The van der Waals surface area contributed by atoms with E-state index in [2.05, 4.69) is 0 Å². The van der Waals surface area contributed by atoms with Crippen molar-refractivity contribution in [1.29, 1.82) is 0 Å². The quantitative estimate of drug-likeness (QED) is 0.807. The largest absolute Gasteiger partial charge is 0.416 e. The van der Waals surface area contributed by atoms with Crippen LogP contribution in [0.5, 0.6) is 0 Å². The molecule has 1 N–H and O–H groups in total. The number of alkyl halides is 3. The molecule has 83 valence electrons. The Morgan fingerprint density at radius 2 is 1.93 bits per heavy atom. The molecule has 4 heteroatoms. The van der Waals surface area contributed by atoms with Gasteiger partial charge >= 0.3 is 6.18 Å². The SMILES string of the molecule is C[C](CO)c1ccc(C)c(C(F)(F)F)c1. The predicted molar refractivity (Wildman–Crippen MR) is 51.3 cm³/mol. The van der Waals surface area contributed by atoms with E-state index in [-0.39, 0.29) is 12.2 Å². The summed E-state index contributed by atoms with van der Waals surface area (Å²) in [6, 6.07) is 4.06. The average molecular weight is 217 g/mol. The molecule has 15 heavy (non-hydrogen) atoms. The van der Waals surface area contributed by atoms with Gasteiger partial charge in [-0.15, -0.1) is 0 Å². The summed E-state index contributed by atoms with van der Waals surface area (Å²) < 4.78 is 37.6. The van der Waals surface area contributed by atoms with Gasteiger partial charge in [-0.25, -0.2) is 0 Å². The van der Waals surface area contributed by atoms with Gasteiger partial charge < -0.3 is 5.11 Å². The minimum Gasteiger partial charge on any atom is -0.395 e. The maximum Gasteiger partial charge on any atom is 0.416 e. The summed E-state index contributed by atoms with van der Waals surface area (Å²) in [7, 11) is 0. The van der Waals surface area contributed by atoms with Gasteiger partial charge in [0.05, 0.1) is 12.2 Å². The molecule has 0 aliphatic rings. The van der Waals surface area contributed by atoms with E-state index in [0.717, 1.165) is 6.07 Å². The van der Waals surface area contributed by atoms with Crippen molar-refractivity contribution in [2.45, 2.75) is 20.0 Å². The van der Waals surface area contributed by atoms with E-state index in [4.69, 9.17) is 5.11 Å². The summed E-state index contributed by atoms with van der Waals surface area (Å²) in [5.41, 5.74) is -0.0276. The molecule has 0 bridgehead atoms. The highest BCUT2D eigenvalue weighted by atomic mass is 19.4. The van der Waals surface area contributed by atoms with Gasteiger partial charge in [0.15, 0.2) is 0 Å². The minimum atomic E-state index is -4.34. The molecule has 0 spiro atoms. The number of aliphatic hydroxyl groups excluding tert-OH is 1. The number of aryl methyl sites for hydroxylation is 1. The van der Waals surface area contributed by atoms with Gasteiger partial charge in [0.1, 0.15) is 0 Å². The molecule has 0 unspecified atom stereocenters. The number of hydrogen-bond acceptors (Lipinski definition) is 1. The van der Waals surface area contributed by atoms with Gasteiger partial charge in [0.25, 0.3) is 0 Å². The Balaban J connectivity index is 3.17. The summed E-state index contributed by atoms with van der Waals surface area (Å²) in [4.78, 5) is 0. The monoisotopic (exact) mass is 217 g/mol. The molecule has 0 heterocycles. The topological polar surface area (TPSA) is 20.2 Å². The van der Waals surface area contributed by atoms with Crippen LogP contribution in [0.3, 0.4) is 0 Å². The molecule has 0 atom stereocenters. The summed E-state index contributed by atoms with van der Waals surface area (Å²) in [5.74, 6) is 0.528. The molecule has 1 radical (unpaired) electrons. The third-order valence-corrected chi connectivity index (χ3v) is 2.27. The van der Waals surface area contributed by atoms with Crippen molar-refractivity contribution < 1.29 is 18.3 Å². The first-order chi connectivity index (χ1) is 6.86. The Morgan fingerprint density at radius 3 is 2.40 bits per heavy atom. The second-order valence-corrected chi connectivity index (χ2v) is 3.47. The van der Waals surface area contributed by atoms with Crippen LogP contribution in [0.1, 0.15) is 23.6 Å². The first-order valence-electron chi connectivity index (χ1n) is 4.47. The molecular formula is C11H12F3O. The van der Waals surface area contributed by atoms with E-state index in [1.165, 1.54) is 13.0 Å². The second-order valence-electron chi connectivity index (χ2n) is 3.47. The van der Waals surface area contributed by atoms with Gasteiger partial charge in [0, 0.05) is 5.92 Å². The van der Waals surface area contributed by atoms with Gasteiger partial charge in [-0.2, -0.15) is 13.2 Å². The molecule has 0 aliphatic carbocycles. The lowest BCUT2D eigenvalue weighted by atomic mass is 9.97. The lowest BCUT2D eigenvalue weighted by molar-refractivity contribution is -0.138. The maximum absolute atomic E-state index is 12.5. The summed E-state index contributed by atoms with van der Waals surface area (Å²) >= 11 is 0. The van der Waals surface area contributed by atoms with E-state index in [1.54, 1.807) is 13.0 Å². The van der Waals surface area contributed by atoms with Crippen molar-refractivity contribution in [2.75, 3.05) is 6.61 Å². The number of halogens is 3. The molecule has 0 saturated heterocycles. The van der Waals surface area contributed by atoms with E-state index in [1.807, 2.05) is 0 Å². The van der Waals surface area contributed by atoms with Gasteiger partial charge in [0.2, 0.25) is 0 Å². The van der Waals surface area contributed by atoms with Crippen molar-refractivity contribution in [3.05, 3.63) is 40.8 Å². The zero-order valence-corrected chi connectivity index (χ0v) is 8.52. The summed E-state index contributed by atoms with van der Waals surface area (Å²) in [6.45, 7) is 2.78. The first-order valence-corrected chi connectivity index (χ1v) is 4.47. The fraction of sp³-hybridized carbons (Fsp3) is 0.364. The molecule has 1 aromatic rings. The van der Waals surface area contributed by atoms with E-state index in [9.17, 15) is 13.2 Å². The Bertz CT molecular complexity index is 344. The van der Waals surface area contributed by atoms with Gasteiger partial charge in [-0.1, -0.05) is 19.1 Å². The van der Waals surface area contributed by atoms with Crippen LogP contribution >= 0.6 is 0 Å². The van der Waals surface area contributed by atoms with Crippen molar-refractivity contribution in [1.82, 2.24) is 0 Å². The maximum atomic E-state index is 12.5. The Kier molecular flexibility index (Phi) is 3.39. The van der Waals surface area contributed by atoms with Gasteiger partial charge in [-0.3, -0.25) is 0 Å². The molecule has 1 aromatic carbocycles. The third kappa shape index (κ3) is 2.72. The summed E-state index contributed by atoms with van der Waals surface area (Å²) in [5, 5.41) is 8.83. The van der Waals surface area contributed by atoms with E-state index < -0.39 is 11.7 Å². The molecule has 0 aromatic heterocycles. The molecule has 1 nitrogen and oxygen atoms in total. The van der Waals surface area contributed by atoms with Gasteiger partial charge in [-0.05, 0) is 24.1 Å². The highest BCUT2D eigenvalue weighted by Gasteiger charge is 2.32. The first kappa shape index (κ1) is 12.0. The zero-order chi connectivity index (χ0) is 11.6. The molecule has 0 amide bonds. The molecule has 0 saturated carbocycles. The van der Waals surface area contributed by atoms with Crippen molar-refractivity contribution >= 4 is 0 Å². The average Bonchev–Trinajstić information content (AvgIpc) is 2.15. The van der Waals surface area contributed by atoms with Crippen LogP contribution in [0.4, 0.5) is 13.2 Å². The van der Waals surface area contributed by atoms with E-state index in [0.29, 0.717) is 11.5 Å². The number of benzene rings is 1. The van der Waals surface area contributed by atoms with Crippen LogP contribution in [0, 0.1) is 12.8 Å². The number of rotatable bonds is 2.